The highest BCUT2D eigenvalue weighted by Crippen LogP contribution is 2.25. The molecule has 0 aromatic heterocycles. The van der Waals surface area contributed by atoms with Crippen molar-refractivity contribution in [2.45, 2.75) is 38.1 Å². The molecule has 2 fully saturated rings. The van der Waals surface area contributed by atoms with Crippen molar-refractivity contribution in [2.24, 2.45) is 5.92 Å². The zero-order valence-electron chi connectivity index (χ0n) is 11.1. The van der Waals surface area contributed by atoms with E-state index in [-0.39, 0.29) is 11.8 Å². The third-order valence-corrected chi connectivity index (χ3v) is 3.99. The second-order valence-electron chi connectivity index (χ2n) is 5.31. The van der Waals surface area contributed by atoms with Gasteiger partial charge in [0.2, 0.25) is 11.8 Å². The fraction of sp³-hybridized carbons (Fsp3) is 0.846. The van der Waals surface area contributed by atoms with Crippen molar-refractivity contribution in [1.29, 1.82) is 0 Å². The van der Waals surface area contributed by atoms with Crippen molar-refractivity contribution in [3.63, 3.8) is 0 Å². The summed E-state index contributed by atoms with van der Waals surface area (Å²) in [5.41, 5.74) is 0. The van der Waals surface area contributed by atoms with Crippen molar-refractivity contribution in [2.75, 3.05) is 26.7 Å². The molecule has 0 spiro atoms. The van der Waals surface area contributed by atoms with Crippen LogP contribution in [0, 0.1) is 5.92 Å². The van der Waals surface area contributed by atoms with Gasteiger partial charge in [0.25, 0.3) is 0 Å². The lowest BCUT2D eigenvalue weighted by atomic mass is 9.85. The van der Waals surface area contributed by atoms with Crippen molar-refractivity contribution in [1.82, 2.24) is 15.5 Å². The lowest BCUT2D eigenvalue weighted by Crippen LogP contribution is -2.55. The summed E-state index contributed by atoms with van der Waals surface area (Å²) in [6.45, 7) is 2.50. The number of carbonyl (C=O) groups excluding carboxylic acids is 2. The molecule has 5 heteroatoms. The van der Waals surface area contributed by atoms with E-state index in [0.717, 1.165) is 38.9 Å². The van der Waals surface area contributed by atoms with Crippen LogP contribution in [0.1, 0.15) is 32.1 Å². The predicted octanol–water partition coefficient (Wildman–Crippen LogP) is 0.113. The summed E-state index contributed by atoms with van der Waals surface area (Å²) in [6.07, 6.45) is 3.98. The highest BCUT2D eigenvalue weighted by Gasteiger charge is 2.34. The van der Waals surface area contributed by atoms with Gasteiger partial charge in [0.05, 0.1) is 0 Å². The van der Waals surface area contributed by atoms with Gasteiger partial charge in [0.15, 0.2) is 0 Å². The van der Waals surface area contributed by atoms with Crippen LogP contribution >= 0.6 is 0 Å². The summed E-state index contributed by atoms with van der Waals surface area (Å²) in [5, 5.41) is 6.10. The molecule has 5 nitrogen and oxygen atoms in total. The monoisotopic (exact) mass is 253 g/mol. The molecule has 2 amide bonds. The molecule has 0 radical (unpaired) electrons. The fourth-order valence-electron chi connectivity index (χ4n) is 2.91. The molecule has 2 saturated heterocycles. The Labute approximate surface area is 108 Å². The van der Waals surface area contributed by atoms with E-state index < -0.39 is 0 Å². The smallest absolute Gasteiger partial charge is 0.222 e. The molecule has 0 aliphatic carbocycles. The molecule has 2 heterocycles. The van der Waals surface area contributed by atoms with Crippen molar-refractivity contribution in [3.8, 4) is 0 Å². The number of nitrogens with zero attached hydrogens (tertiary/aromatic N) is 1. The SMILES string of the molecule is CNCCCC(=O)N1CCC2NC(=O)CCC2C1. The number of hydrogen-bond acceptors (Lipinski definition) is 3. The van der Waals surface area contributed by atoms with Crippen LogP contribution in [0.25, 0.3) is 0 Å². The molecule has 0 bridgehead atoms. The fourth-order valence-corrected chi connectivity index (χ4v) is 2.91. The number of piperidine rings is 2. The Morgan fingerprint density at radius 3 is 3.11 bits per heavy atom. The molecule has 0 aromatic rings. The van der Waals surface area contributed by atoms with Crippen LogP contribution in [0.4, 0.5) is 0 Å². The highest BCUT2D eigenvalue weighted by molar-refractivity contribution is 5.78. The first-order chi connectivity index (χ1) is 8.70. The number of fused-ring (bicyclic) bond motifs is 1. The van der Waals surface area contributed by atoms with E-state index in [9.17, 15) is 9.59 Å². The number of hydrogen-bond donors (Lipinski definition) is 2. The van der Waals surface area contributed by atoms with E-state index in [1.54, 1.807) is 0 Å². The minimum absolute atomic E-state index is 0.171. The van der Waals surface area contributed by atoms with Gasteiger partial charge in [-0.3, -0.25) is 9.59 Å². The van der Waals surface area contributed by atoms with E-state index in [2.05, 4.69) is 10.6 Å². The lowest BCUT2D eigenvalue weighted by Gasteiger charge is -2.41. The van der Waals surface area contributed by atoms with Crippen LogP contribution in [0.3, 0.4) is 0 Å². The first kappa shape index (κ1) is 13.3. The van der Waals surface area contributed by atoms with Gasteiger partial charge in [-0.2, -0.15) is 0 Å². The number of rotatable bonds is 4. The minimum atomic E-state index is 0.171. The van der Waals surface area contributed by atoms with Gasteiger partial charge in [-0.05, 0) is 38.8 Å². The van der Waals surface area contributed by atoms with Gasteiger partial charge in [-0.15, -0.1) is 0 Å². The number of carbonyl (C=O) groups is 2. The third kappa shape index (κ3) is 3.22. The zero-order chi connectivity index (χ0) is 13.0. The molecule has 0 saturated carbocycles. The predicted molar refractivity (Wildman–Crippen MR) is 69.0 cm³/mol. The number of nitrogens with one attached hydrogen (secondary N) is 2. The van der Waals surface area contributed by atoms with E-state index >= 15 is 0 Å². The van der Waals surface area contributed by atoms with Gasteiger partial charge in [0.1, 0.15) is 0 Å². The maximum atomic E-state index is 12.0. The third-order valence-electron chi connectivity index (χ3n) is 3.99. The molecule has 2 rings (SSSR count). The average Bonchev–Trinajstić information content (AvgIpc) is 2.38. The summed E-state index contributed by atoms with van der Waals surface area (Å²) >= 11 is 0. The van der Waals surface area contributed by atoms with Crippen molar-refractivity contribution < 1.29 is 9.59 Å². The Morgan fingerprint density at radius 1 is 1.50 bits per heavy atom. The van der Waals surface area contributed by atoms with E-state index in [0.29, 0.717) is 24.8 Å². The van der Waals surface area contributed by atoms with Crippen LogP contribution in [0.15, 0.2) is 0 Å². The Hall–Kier alpha value is -1.10. The molecule has 0 aromatic carbocycles. The standard InChI is InChI=1S/C13H23N3O2/c1-14-7-2-3-13(18)16-8-6-11-10(9-16)4-5-12(17)15-11/h10-11,14H,2-9H2,1H3,(H,15,17). The Kier molecular flexibility index (Phi) is 4.58. The maximum absolute atomic E-state index is 12.0. The molecule has 2 aliphatic heterocycles. The van der Waals surface area contributed by atoms with Crippen molar-refractivity contribution in [3.05, 3.63) is 0 Å². The molecule has 102 valence electrons. The molecule has 2 aliphatic rings. The zero-order valence-corrected chi connectivity index (χ0v) is 11.1. The Morgan fingerprint density at radius 2 is 2.33 bits per heavy atom. The average molecular weight is 253 g/mol. The molecule has 18 heavy (non-hydrogen) atoms. The molecular formula is C13H23N3O2. The van der Waals surface area contributed by atoms with Crippen LogP contribution in [-0.4, -0.2) is 49.4 Å². The van der Waals surface area contributed by atoms with Crippen LogP contribution in [0.5, 0.6) is 0 Å². The highest BCUT2D eigenvalue weighted by atomic mass is 16.2. The summed E-state index contributed by atoms with van der Waals surface area (Å²) < 4.78 is 0. The van der Waals surface area contributed by atoms with Crippen LogP contribution in [0.2, 0.25) is 0 Å². The summed E-state index contributed by atoms with van der Waals surface area (Å²) in [7, 11) is 1.90. The number of likely N-dealkylation sites (tertiary alicyclic amines) is 1. The Bertz CT molecular complexity index is 319. The Balaban J connectivity index is 1.79. The lowest BCUT2D eigenvalue weighted by molar-refractivity contribution is -0.134. The number of amides is 2. The molecule has 2 N–H and O–H groups in total. The maximum Gasteiger partial charge on any atom is 0.222 e. The van der Waals surface area contributed by atoms with E-state index in [1.807, 2.05) is 11.9 Å². The van der Waals surface area contributed by atoms with Gasteiger partial charge in [-0.25, -0.2) is 0 Å². The normalized spacial score (nSPS) is 27.6. The molecular weight excluding hydrogens is 230 g/mol. The van der Waals surface area contributed by atoms with Crippen LogP contribution < -0.4 is 10.6 Å². The van der Waals surface area contributed by atoms with Gasteiger partial charge >= 0.3 is 0 Å². The van der Waals surface area contributed by atoms with Crippen LogP contribution in [-0.2, 0) is 9.59 Å². The summed E-state index contributed by atoms with van der Waals surface area (Å²) in [5.74, 6) is 0.898. The minimum Gasteiger partial charge on any atom is -0.353 e. The summed E-state index contributed by atoms with van der Waals surface area (Å²) in [6, 6.07) is 0.299. The van der Waals surface area contributed by atoms with Gasteiger partial charge in [0, 0.05) is 32.0 Å². The first-order valence-corrected chi connectivity index (χ1v) is 6.92. The van der Waals surface area contributed by atoms with E-state index in [1.165, 1.54) is 0 Å². The second kappa shape index (κ2) is 6.18. The van der Waals surface area contributed by atoms with Gasteiger partial charge in [-0.1, -0.05) is 0 Å². The molecule has 2 atom stereocenters. The van der Waals surface area contributed by atoms with Gasteiger partial charge < -0.3 is 15.5 Å². The van der Waals surface area contributed by atoms with Crippen molar-refractivity contribution >= 4 is 11.8 Å². The second-order valence-corrected chi connectivity index (χ2v) is 5.31. The quantitative estimate of drug-likeness (QED) is 0.699. The topological polar surface area (TPSA) is 61.4 Å². The summed E-state index contributed by atoms with van der Waals surface area (Å²) in [4.78, 5) is 25.3. The van der Waals surface area contributed by atoms with E-state index in [4.69, 9.17) is 0 Å². The largest absolute Gasteiger partial charge is 0.353 e. The molecule has 2 unspecified atom stereocenters. The first-order valence-electron chi connectivity index (χ1n) is 6.92.